The number of hydrogen-bond acceptors (Lipinski definition) is 3. The lowest BCUT2D eigenvalue weighted by Gasteiger charge is -2.31. The van der Waals surface area contributed by atoms with E-state index in [9.17, 15) is 9.59 Å². The number of halogens is 1. The molecule has 0 spiro atoms. The third-order valence-corrected chi connectivity index (χ3v) is 3.35. The second-order valence-electron chi connectivity index (χ2n) is 4.26. The fourth-order valence-corrected chi connectivity index (χ4v) is 2.20. The molecule has 1 heterocycles. The Kier molecular flexibility index (Phi) is 3.56. The summed E-state index contributed by atoms with van der Waals surface area (Å²) in [6.07, 6.45) is 0. The summed E-state index contributed by atoms with van der Waals surface area (Å²) in [6, 6.07) is 5.51. The van der Waals surface area contributed by atoms with Gasteiger partial charge in [0.15, 0.2) is 0 Å². The van der Waals surface area contributed by atoms with Crippen molar-refractivity contribution >= 4 is 39.2 Å². The van der Waals surface area contributed by atoms with Crippen LogP contribution in [0.4, 0.5) is 11.4 Å². The van der Waals surface area contributed by atoms with Crippen LogP contribution in [-0.2, 0) is 9.59 Å². The number of aliphatic carboxylic acids is 1. The third kappa shape index (κ3) is 2.48. The van der Waals surface area contributed by atoms with E-state index < -0.39 is 11.9 Å². The van der Waals surface area contributed by atoms with Gasteiger partial charge in [-0.3, -0.25) is 9.59 Å². The van der Waals surface area contributed by atoms with Crippen molar-refractivity contribution in [3.05, 3.63) is 22.7 Å². The Morgan fingerprint density at radius 1 is 1.61 bits per heavy atom. The highest BCUT2D eigenvalue weighted by molar-refractivity contribution is 9.10. The van der Waals surface area contributed by atoms with Crippen LogP contribution in [0, 0.1) is 5.92 Å². The van der Waals surface area contributed by atoms with Crippen molar-refractivity contribution in [1.29, 1.82) is 0 Å². The Morgan fingerprint density at radius 3 is 3.00 bits per heavy atom. The van der Waals surface area contributed by atoms with Crippen LogP contribution in [-0.4, -0.2) is 30.1 Å². The largest absolute Gasteiger partial charge is 0.481 e. The molecule has 6 heteroatoms. The number of carbonyl (C=O) groups excluding carboxylic acids is 1. The topological polar surface area (TPSA) is 69.6 Å². The normalized spacial score (nSPS) is 15.9. The number of carbonyl (C=O) groups is 2. The lowest BCUT2D eigenvalue weighted by molar-refractivity contribution is -0.140. The van der Waals surface area contributed by atoms with Crippen LogP contribution in [0.25, 0.3) is 0 Å². The SMILES string of the molecule is CC(CN1C(=O)CNc2cc(Br)ccc21)C(=O)O. The first-order chi connectivity index (χ1) is 8.49. The van der Waals surface area contributed by atoms with Gasteiger partial charge in [-0.2, -0.15) is 0 Å². The molecule has 96 valence electrons. The monoisotopic (exact) mass is 312 g/mol. The van der Waals surface area contributed by atoms with Gasteiger partial charge in [0.05, 0.1) is 23.8 Å². The molecule has 0 radical (unpaired) electrons. The van der Waals surface area contributed by atoms with E-state index in [4.69, 9.17) is 5.11 Å². The van der Waals surface area contributed by atoms with Crippen LogP contribution in [0.1, 0.15) is 6.92 Å². The minimum Gasteiger partial charge on any atom is -0.481 e. The average molecular weight is 313 g/mol. The van der Waals surface area contributed by atoms with Crippen LogP contribution < -0.4 is 10.2 Å². The number of benzene rings is 1. The van der Waals surface area contributed by atoms with Crippen molar-refractivity contribution in [3.63, 3.8) is 0 Å². The first-order valence-electron chi connectivity index (χ1n) is 5.55. The van der Waals surface area contributed by atoms with Crippen molar-refractivity contribution in [1.82, 2.24) is 0 Å². The Morgan fingerprint density at radius 2 is 2.33 bits per heavy atom. The molecule has 0 saturated heterocycles. The maximum absolute atomic E-state index is 11.9. The number of rotatable bonds is 3. The van der Waals surface area contributed by atoms with E-state index >= 15 is 0 Å². The number of nitrogens with zero attached hydrogens (tertiary/aromatic N) is 1. The second-order valence-corrected chi connectivity index (χ2v) is 5.17. The van der Waals surface area contributed by atoms with Gasteiger partial charge < -0.3 is 15.3 Å². The molecule has 1 aliphatic heterocycles. The molecule has 1 atom stereocenters. The van der Waals surface area contributed by atoms with Crippen LogP contribution in [0.3, 0.4) is 0 Å². The van der Waals surface area contributed by atoms with Crippen molar-refractivity contribution in [3.8, 4) is 0 Å². The number of carboxylic acids is 1. The van der Waals surface area contributed by atoms with Crippen molar-refractivity contribution in [2.24, 2.45) is 5.92 Å². The highest BCUT2D eigenvalue weighted by Crippen LogP contribution is 2.32. The molecule has 5 nitrogen and oxygen atoms in total. The van der Waals surface area contributed by atoms with E-state index in [1.165, 1.54) is 4.90 Å². The molecule has 2 N–H and O–H groups in total. The summed E-state index contributed by atoms with van der Waals surface area (Å²) < 4.78 is 0.911. The van der Waals surface area contributed by atoms with Gasteiger partial charge in [0.1, 0.15) is 0 Å². The van der Waals surface area contributed by atoms with E-state index in [1.54, 1.807) is 13.0 Å². The maximum Gasteiger partial charge on any atom is 0.308 e. The summed E-state index contributed by atoms with van der Waals surface area (Å²) in [5.74, 6) is -1.61. The van der Waals surface area contributed by atoms with Crippen molar-refractivity contribution in [2.45, 2.75) is 6.92 Å². The number of nitrogens with one attached hydrogen (secondary N) is 1. The second kappa shape index (κ2) is 4.97. The number of fused-ring (bicyclic) bond motifs is 1. The smallest absolute Gasteiger partial charge is 0.308 e. The molecule has 1 unspecified atom stereocenters. The molecular formula is C12H13BrN2O3. The minimum absolute atomic E-state index is 0.113. The van der Waals surface area contributed by atoms with Crippen LogP contribution in [0.2, 0.25) is 0 Å². The molecule has 1 aromatic rings. The Labute approximate surface area is 113 Å². The van der Waals surface area contributed by atoms with E-state index in [2.05, 4.69) is 21.2 Å². The third-order valence-electron chi connectivity index (χ3n) is 2.86. The fourth-order valence-electron chi connectivity index (χ4n) is 1.84. The molecular weight excluding hydrogens is 300 g/mol. The predicted octanol–water partition coefficient (Wildman–Crippen LogP) is 1.93. The maximum atomic E-state index is 11.9. The standard InChI is InChI=1S/C12H13BrN2O3/c1-7(12(17)18)6-15-10-3-2-8(13)4-9(10)14-5-11(15)16/h2-4,7,14H,5-6H2,1H3,(H,17,18). The average Bonchev–Trinajstić information content (AvgIpc) is 2.32. The van der Waals surface area contributed by atoms with Crippen molar-refractivity contribution in [2.75, 3.05) is 23.3 Å². The van der Waals surface area contributed by atoms with Gasteiger partial charge in [0, 0.05) is 11.0 Å². The first kappa shape index (κ1) is 12.9. The molecule has 0 bridgehead atoms. The summed E-state index contributed by atoms with van der Waals surface area (Å²) >= 11 is 3.36. The molecule has 0 aliphatic carbocycles. The zero-order valence-electron chi connectivity index (χ0n) is 9.81. The summed E-state index contributed by atoms with van der Waals surface area (Å²) in [7, 11) is 0. The molecule has 1 aromatic carbocycles. The lowest BCUT2D eigenvalue weighted by atomic mass is 10.1. The highest BCUT2D eigenvalue weighted by Gasteiger charge is 2.27. The highest BCUT2D eigenvalue weighted by atomic mass is 79.9. The van der Waals surface area contributed by atoms with E-state index in [-0.39, 0.29) is 19.0 Å². The fraction of sp³-hybridized carbons (Fsp3) is 0.333. The first-order valence-corrected chi connectivity index (χ1v) is 6.35. The summed E-state index contributed by atoms with van der Waals surface area (Å²) in [5, 5.41) is 11.9. The van der Waals surface area contributed by atoms with Gasteiger partial charge in [-0.25, -0.2) is 0 Å². The molecule has 2 rings (SSSR count). The quantitative estimate of drug-likeness (QED) is 0.894. The summed E-state index contributed by atoms with van der Waals surface area (Å²) in [5.41, 5.74) is 1.56. The minimum atomic E-state index is -0.903. The molecule has 18 heavy (non-hydrogen) atoms. The number of amides is 1. The Hall–Kier alpha value is -1.56. The number of anilines is 2. The summed E-state index contributed by atoms with van der Waals surface area (Å²) in [4.78, 5) is 24.3. The predicted molar refractivity (Wildman–Crippen MR) is 71.8 cm³/mol. The zero-order chi connectivity index (χ0) is 13.3. The van der Waals surface area contributed by atoms with Crippen LogP contribution in [0.5, 0.6) is 0 Å². The lowest BCUT2D eigenvalue weighted by Crippen LogP contribution is -2.43. The van der Waals surface area contributed by atoms with Gasteiger partial charge in [-0.1, -0.05) is 22.9 Å². The van der Waals surface area contributed by atoms with Gasteiger partial charge in [0.2, 0.25) is 5.91 Å². The van der Waals surface area contributed by atoms with E-state index in [0.717, 1.165) is 15.8 Å². The van der Waals surface area contributed by atoms with Gasteiger partial charge in [-0.05, 0) is 18.2 Å². The van der Waals surface area contributed by atoms with Gasteiger partial charge >= 0.3 is 5.97 Å². The molecule has 0 fully saturated rings. The number of hydrogen-bond donors (Lipinski definition) is 2. The Balaban J connectivity index is 2.30. The van der Waals surface area contributed by atoms with Gasteiger partial charge in [0.25, 0.3) is 0 Å². The van der Waals surface area contributed by atoms with Gasteiger partial charge in [-0.15, -0.1) is 0 Å². The zero-order valence-corrected chi connectivity index (χ0v) is 11.4. The molecule has 0 aromatic heterocycles. The van der Waals surface area contributed by atoms with E-state index in [1.807, 2.05) is 12.1 Å². The van der Waals surface area contributed by atoms with Crippen LogP contribution >= 0.6 is 15.9 Å². The molecule has 0 saturated carbocycles. The van der Waals surface area contributed by atoms with E-state index in [0.29, 0.717) is 0 Å². The van der Waals surface area contributed by atoms with Crippen molar-refractivity contribution < 1.29 is 14.7 Å². The number of carboxylic acid groups (broad SMARTS) is 1. The van der Waals surface area contributed by atoms with Crippen LogP contribution in [0.15, 0.2) is 22.7 Å². The summed E-state index contributed by atoms with van der Waals surface area (Å²) in [6.45, 7) is 1.97. The Bertz CT molecular complexity index is 504. The molecule has 1 aliphatic rings. The molecule has 1 amide bonds.